The van der Waals surface area contributed by atoms with Gasteiger partial charge in [-0.3, -0.25) is 9.69 Å². The Morgan fingerprint density at radius 1 is 1.33 bits per heavy atom. The lowest BCUT2D eigenvalue weighted by molar-refractivity contribution is -0.137. The molecule has 1 N–H and O–H groups in total. The number of benzene rings is 1. The van der Waals surface area contributed by atoms with E-state index in [1.807, 2.05) is 18.2 Å². The van der Waals surface area contributed by atoms with Crippen LogP contribution in [0.25, 0.3) is 0 Å². The summed E-state index contributed by atoms with van der Waals surface area (Å²) >= 11 is 0. The van der Waals surface area contributed by atoms with E-state index in [2.05, 4.69) is 17.1 Å². The van der Waals surface area contributed by atoms with Gasteiger partial charge in [0.05, 0.1) is 38.6 Å². The van der Waals surface area contributed by atoms with Gasteiger partial charge < -0.3 is 19.5 Å². The number of hydrogen-bond donors (Lipinski definition) is 1. The lowest BCUT2D eigenvalue weighted by Crippen LogP contribution is -2.53. The maximum absolute atomic E-state index is 13.4. The van der Waals surface area contributed by atoms with Gasteiger partial charge in [-0.05, 0) is 43.4 Å². The molecule has 0 radical (unpaired) electrons. The second kappa shape index (κ2) is 7.95. The van der Waals surface area contributed by atoms with E-state index in [4.69, 9.17) is 14.2 Å². The number of hydrogen-bond acceptors (Lipinski definition) is 6. The third-order valence-electron chi connectivity index (χ3n) is 7.25. The van der Waals surface area contributed by atoms with Crippen molar-refractivity contribution in [1.82, 2.24) is 4.90 Å². The van der Waals surface area contributed by atoms with Crippen LogP contribution < -0.4 is 10.1 Å². The standard InChI is InChI=1S/C23H30N2O5/c1-5-14-12-25-10-9-23(19(25)11-15(14)16(13-28-2)21(26)30-4)20-17(24-22(23)27)7-6-8-18(20)29-3/h6-8,13-15,19H,5,9-12H2,1-4H3,(H,24,27)/t14-,15-,19-,23-/m0/s1. The second-order valence-electron chi connectivity index (χ2n) is 8.38. The smallest absolute Gasteiger partial charge is 0.337 e. The largest absolute Gasteiger partial charge is 0.504 e. The molecule has 3 heterocycles. The van der Waals surface area contributed by atoms with E-state index in [1.54, 1.807) is 14.2 Å². The molecule has 3 aliphatic rings. The molecular weight excluding hydrogens is 384 g/mol. The molecule has 4 atom stereocenters. The van der Waals surface area contributed by atoms with E-state index in [9.17, 15) is 9.59 Å². The molecule has 4 rings (SSSR count). The van der Waals surface area contributed by atoms with Crippen LogP contribution in [-0.2, 0) is 24.5 Å². The predicted molar refractivity (Wildman–Crippen MR) is 112 cm³/mol. The van der Waals surface area contributed by atoms with Crippen molar-refractivity contribution in [1.29, 1.82) is 0 Å². The van der Waals surface area contributed by atoms with E-state index in [0.29, 0.717) is 17.9 Å². The van der Waals surface area contributed by atoms with Crippen LogP contribution >= 0.6 is 0 Å². The summed E-state index contributed by atoms with van der Waals surface area (Å²) in [5, 5.41) is 3.09. The monoisotopic (exact) mass is 414 g/mol. The fourth-order valence-electron chi connectivity index (χ4n) is 5.88. The van der Waals surface area contributed by atoms with Gasteiger partial charge in [-0.1, -0.05) is 19.4 Å². The fraction of sp³-hybridized carbons (Fsp3) is 0.565. The van der Waals surface area contributed by atoms with E-state index in [1.165, 1.54) is 13.4 Å². The molecule has 30 heavy (non-hydrogen) atoms. The van der Waals surface area contributed by atoms with E-state index >= 15 is 0 Å². The van der Waals surface area contributed by atoms with Gasteiger partial charge in [0.1, 0.15) is 5.75 Å². The van der Waals surface area contributed by atoms with Crippen LogP contribution in [0.4, 0.5) is 5.69 Å². The molecule has 1 spiro atoms. The summed E-state index contributed by atoms with van der Waals surface area (Å²) in [5.74, 6) is 0.652. The zero-order valence-electron chi connectivity index (χ0n) is 18.1. The molecule has 162 valence electrons. The Morgan fingerprint density at radius 2 is 2.13 bits per heavy atom. The van der Waals surface area contributed by atoms with Gasteiger partial charge in [-0.25, -0.2) is 4.79 Å². The van der Waals surface area contributed by atoms with E-state index in [0.717, 1.165) is 42.9 Å². The van der Waals surface area contributed by atoms with Crippen LogP contribution in [0.3, 0.4) is 0 Å². The maximum Gasteiger partial charge on any atom is 0.337 e. The maximum atomic E-state index is 13.4. The van der Waals surface area contributed by atoms with Crippen LogP contribution in [0, 0.1) is 11.8 Å². The van der Waals surface area contributed by atoms with Crippen molar-refractivity contribution in [3.63, 3.8) is 0 Å². The van der Waals surface area contributed by atoms with Crippen molar-refractivity contribution >= 4 is 17.6 Å². The fourth-order valence-corrected chi connectivity index (χ4v) is 5.88. The highest BCUT2D eigenvalue weighted by molar-refractivity contribution is 6.08. The van der Waals surface area contributed by atoms with Crippen LogP contribution in [0.1, 0.15) is 31.7 Å². The van der Waals surface area contributed by atoms with Crippen molar-refractivity contribution in [3.05, 3.63) is 35.6 Å². The van der Waals surface area contributed by atoms with Gasteiger partial charge in [-0.2, -0.15) is 0 Å². The Hall–Kier alpha value is -2.54. The molecule has 1 amide bonds. The van der Waals surface area contributed by atoms with Crippen molar-refractivity contribution in [3.8, 4) is 5.75 Å². The second-order valence-corrected chi connectivity index (χ2v) is 8.38. The van der Waals surface area contributed by atoms with Crippen LogP contribution in [0.2, 0.25) is 0 Å². The Kier molecular flexibility index (Phi) is 5.49. The molecule has 1 aromatic carbocycles. The Morgan fingerprint density at radius 3 is 2.80 bits per heavy atom. The lowest BCUT2D eigenvalue weighted by Gasteiger charge is -2.45. The summed E-state index contributed by atoms with van der Waals surface area (Å²) in [5.41, 5.74) is 1.66. The molecule has 0 saturated carbocycles. The number of carbonyl (C=O) groups is 2. The number of rotatable bonds is 5. The molecule has 0 aromatic heterocycles. The number of anilines is 1. The van der Waals surface area contributed by atoms with Crippen molar-refractivity contribution in [2.75, 3.05) is 39.7 Å². The highest BCUT2D eigenvalue weighted by Crippen LogP contribution is 2.55. The average Bonchev–Trinajstić information content (AvgIpc) is 3.28. The number of nitrogens with one attached hydrogen (secondary N) is 1. The minimum absolute atomic E-state index is 0.0206. The first-order valence-corrected chi connectivity index (χ1v) is 10.6. The molecule has 2 saturated heterocycles. The van der Waals surface area contributed by atoms with Crippen molar-refractivity contribution in [2.24, 2.45) is 11.8 Å². The summed E-state index contributed by atoms with van der Waals surface area (Å²) in [6, 6.07) is 5.74. The van der Waals surface area contributed by atoms with E-state index in [-0.39, 0.29) is 23.8 Å². The number of carbonyl (C=O) groups excluding carboxylic acids is 2. The number of methoxy groups -OCH3 is 3. The Labute approximate surface area is 177 Å². The SMILES string of the molecule is CC[C@H]1CN2CC[C@]3(C(=O)Nc4cccc(OC)c43)[C@@H]2C[C@@H]1C(=COC)C(=O)OC. The molecule has 0 unspecified atom stereocenters. The molecule has 7 heteroatoms. The van der Waals surface area contributed by atoms with Gasteiger partial charge in [0.15, 0.2) is 0 Å². The average molecular weight is 415 g/mol. The summed E-state index contributed by atoms with van der Waals surface area (Å²) in [7, 11) is 4.58. The first kappa shape index (κ1) is 20.7. The number of fused-ring (bicyclic) bond motifs is 4. The predicted octanol–water partition coefficient (Wildman–Crippen LogP) is 2.71. The normalized spacial score (nSPS) is 30.6. The Balaban J connectivity index is 1.78. The lowest BCUT2D eigenvalue weighted by atomic mass is 9.67. The van der Waals surface area contributed by atoms with Gasteiger partial charge in [0.25, 0.3) is 0 Å². The quantitative estimate of drug-likeness (QED) is 0.454. The molecule has 0 bridgehead atoms. The van der Waals surface area contributed by atoms with Gasteiger partial charge in [0, 0.05) is 23.8 Å². The molecule has 7 nitrogen and oxygen atoms in total. The summed E-state index contributed by atoms with van der Waals surface area (Å²) in [4.78, 5) is 28.4. The highest BCUT2D eigenvalue weighted by Gasteiger charge is 2.61. The molecule has 2 fully saturated rings. The third kappa shape index (κ3) is 2.90. The molecular formula is C23H30N2O5. The summed E-state index contributed by atoms with van der Waals surface area (Å²) in [6.45, 7) is 3.83. The van der Waals surface area contributed by atoms with Gasteiger partial charge in [0.2, 0.25) is 5.91 Å². The molecule has 1 aromatic rings. The zero-order chi connectivity index (χ0) is 21.5. The molecule has 0 aliphatic carbocycles. The number of piperidine rings is 1. The third-order valence-corrected chi connectivity index (χ3v) is 7.25. The summed E-state index contributed by atoms with van der Waals surface area (Å²) < 4.78 is 16.0. The van der Waals surface area contributed by atoms with Crippen LogP contribution in [0.15, 0.2) is 30.0 Å². The van der Waals surface area contributed by atoms with Crippen molar-refractivity contribution in [2.45, 2.75) is 37.6 Å². The first-order valence-electron chi connectivity index (χ1n) is 10.6. The van der Waals surface area contributed by atoms with E-state index < -0.39 is 5.41 Å². The number of esters is 1. The van der Waals surface area contributed by atoms with Crippen molar-refractivity contribution < 1.29 is 23.8 Å². The molecule has 3 aliphatic heterocycles. The summed E-state index contributed by atoms with van der Waals surface area (Å²) in [6.07, 6.45) is 3.88. The first-order chi connectivity index (χ1) is 14.5. The Bertz CT molecular complexity index is 882. The number of ether oxygens (including phenoxy) is 3. The number of amides is 1. The van der Waals surface area contributed by atoms with Gasteiger partial charge in [-0.15, -0.1) is 0 Å². The topological polar surface area (TPSA) is 77.1 Å². The van der Waals surface area contributed by atoms with Crippen LogP contribution in [0.5, 0.6) is 5.75 Å². The zero-order valence-corrected chi connectivity index (χ0v) is 18.1. The highest BCUT2D eigenvalue weighted by atomic mass is 16.5. The van der Waals surface area contributed by atoms with Gasteiger partial charge >= 0.3 is 5.97 Å². The number of nitrogens with zero attached hydrogens (tertiary/aromatic N) is 1. The minimum atomic E-state index is -0.673. The minimum Gasteiger partial charge on any atom is -0.504 e. The van der Waals surface area contributed by atoms with Crippen LogP contribution in [-0.4, -0.2) is 57.2 Å².